The number of hydrogen-bond acceptors (Lipinski definition) is 3. The van der Waals surface area contributed by atoms with Gasteiger partial charge in [-0.15, -0.1) is 0 Å². The summed E-state index contributed by atoms with van der Waals surface area (Å²) in [5.41, 5.74) is 3.38. The molecular formula is C16H13N3O. The fraction of sp³-hybridized carbons (Fsp3) is 0.125. The summed E-state index contributed by atoms with van der Waals surface area (Å²) in [6, 6.07) is 11.8. The lowest BCUT2D eigenvalue weighted by Gasteiger charge is -1.92. The summed E-state index contributed by atoms with van der Waals surface area (Å²) in [5.74, 6) is 2.02. The summed E-state index contributed by atoms with van der Waals surface area (Å²) in [5, 5.41) is 9.31. The molecule has 3 aromatic rings. The molecule has 20 heavy (non-hydrogen) atoms. The van der Waals surface area contributed by atoms with Crippen molar-refractivity contribution < 1.29 is 4.42 Å². The Labute approximate surface area is 116 Å². The van der Waals surface area contributed by atoms with Crippen LogP contribution in [-0.4, -0.2) is 9.97 Å². The first-order valence-electron chi connectivity index (χ1n) is 6.31. The van der Waals surface area contributed by atoms with Gasteiger partial charge in [-0.05, 0) is 43.7 Å². The minimum Gasteiger partial charge on any atom is -0.462 e. The van der Waals surface area contributed by atoms with Crippen molar-refractivity contribution in [1.82, 2.24) is 9.97 Å². The molecule has 0 aliphatic heterocycles. The van der Waals surface area contributed by atoms with Crippen molar-refractivity contribution in [2.24, 2.45) is 0 Å². The number of nitrogens with one attached hydrogen (secondary N) is 1. The summed E-state index contributed by atoms with van der Waals surface area (Å²) >= 11 is 0. The van der Waals surface area contributed by atoms with E-state index in [0.29, 0.717) is 17.2 Å². The van der Waals surface area contributed by atoms with Gasteiger partial charge in [0, 0.05) is 6.08 Å². The molecule has 1 aromatic carbocycles. The molecule has 0 aliphatic rings. The highest BCUT2D eigenvalue weighted by Gasteiger charge is 2.09. The second-order valence-electron chi connectivity index (χ2n) is 4.72. The third-order valence-corrected chi connectivity index (χ3v) is 3.06. The third kappa shape index (κ3) is 2.21. The molecule has 4 heteroatoms. The molecular weight excluding hydrogens is 250 g/mol. The van der Waals surface area contributed by atoms with Crippen molar-refractivity contribution >= 4 is 22.7 Å². The van der Waals surface area contributed by atoms with E-state index in [1.165, 1.54) is 0 Å². The molecule has 0 spiro atoms. The lowest BCUT2D eigenvalue weighted by atomic mass is 10.2. The Morgan fingerprint density at radius 3 is 2.85 bits per heavy atom. The summed E-state index contributed by atoms with van der Waals surface area (Å²) in [6.45, 7) is 3.89. The Morgan fingerprint density at radius 2 is 2.15 bits per heavy atom. The van der Waals surface area contributed by atoms with Crippen LogP contribution in [0.15, 0.2) is 34.7 Å². The van der Waals surface area contributed by atoms with Gasteiger partial charge in [0.25, 0.3) is 0 Å². The largest absolute Gasteiger partial charge is 0.462 e. The first kappa shape index (κ1) is 12.2. The molecule has 4 nitrogen and oxygen atoms in total. The first-order valence-corrected chi connectivity index (χ1v) is 6.31. The summed E-state index contributed by atoms with van der Waals surface area (Å²) in [7, 11) is 0. The highest BCUT2D eigenvalue weighted by molar-refractivity contribution is 5.89. The number of aryl methyl sites for hydroxylation is 2. The van der Waals surface area contributed by atoms with Crippen molar-refractivity contribution in [2.75, 3.05) is 0 Å². The number of H-pyrrole nitrogens is 1. The number of benzene rings is 1. The van der Waals surface area contributed by atoms with Gasteiger partial charge in [0.05, 0.1) is 16.6 Å². The Morgan fingerprint density at radius 1 is 1.30 bits per heavy atom. The number of nitriles is 1. The van der Waals surface area contributed by atoms with Crippen LogP contribution in [0.25, 0.3) is 22.7 Å². The maximum Gasteiger partial charge on any atom is 0.149 e. The zero-order chi connectivity index (χ0) is 14.1. The molecule has 3 rings (SSSR count). The standard InChI is InChI=1S/C16H13N3O/c1-10-3-6-14-15(7-10)19-16(18-14)12(9-17)8-13-5-4-11(2)20-13/h3-8H,1-2H3,(H,18,19). The molecule has 2 heterocycles. The summed E-state index contributed by atoms with van der Waals surface area (Å²) < 4.78 is 5.46. The number of hydrogen-bond donors (Lipinski definition) is 1. The normalized spacial score (nSPS) is 11.8. The number of aromatic amines is 1. The molecule has 0 saturated carbocycles. The molecule has 2 aromatic heterocycles. The Bertz CT molecular complexity index is 846. The van der Waals surface area contributed by atoms with Crippen LogP contribution in [-0.2, 0) is 0 Å². The van der Waals surface area contributed by atoms with E-state index >= 15 is 0 Å². The van der Waals surface area contributed by atoms with E-state index in [1.807, 2.05) is 44.2 Å². The SMILES string of the molecule is Cc1ccc2nc(C(C#N)=Cc3ccc(C)o3)[nH]c2c1. The topological polar surface area (TPSA) is 65.6 Å². The molecule has 98 valence electrons. The lowest BCUT2D eigenvalue weighted by Crippen LogP contribution is -1.84. The Balaban J connectivity index is 2.07. The highest BCUT2D eigenvalue weighted by Crippen LogP contribution is 2.20. The zero-order valence-electron chi connectivity index (χ0n) is 11.3. The smallest absolute Gasteiger partial charge is 0.149 e. The van der Waals surface area contributed by atoms with Gasteiger partial charge >= 0.3 is 0 Å². The van der Waals surface area contributed by atoms with Crippen molar-refractivity contribution in [3.8, 4) is 6.07 Å². The van der Waals surface area contributed by atoms with Crippen LogP contribution in [0.3, 0.4) is 0 Å². The fourth-order valence-electron chi connectivity index (χ4n) is 2.08. The zero-order valence-corrected chi connectivity index (χ0v) is 11.3. The molecule has 0 aliphatic carbocycles. The number of rotatable bonds is 2. The van der Waals surface area contributed by atoms with Gasteiger partial charge in [0.1, 0.15) is 23.4 Å². The van der Waals surface area contributed by atoms with Gasteiger partial charge in [-0.3, -0.25) is 0 Å². The third-order valence-electron chi connectivity index (χ3n) is 3.06. The van der Waals surface area contributed by atoms with E-state index in [-0.39, 0.29) is 0 Å². The van der Waals surface area contributed by atoms with E-state index in [1.54, 1.807) is 6.08 Å². The average molecular weight is 263 g/mol. The quantitative estimate of drug-likeness (QED) is 0.714. The van der Waals surface area contributed by atoms with Crippen molar-refractivity contribution in [3.05, 3.63) is 53.2 Å². The maximum absolute atomic E-state index is 9.31. The Hall–Kier alpha value is -2.80. The van der Waals surface area contributed by atoms with Crippen LogP contribution >= 0.6 is 0 Å². The monoisotopic (exact) mass is 263 g/mol. The number of furan rings is 1. The molecule has 0 saturated heterocycles. The molecule has 0 atom stereocenters. The van der Waals surface area contributed by atoms with Crippen LogP contribution in [0.1, 0.15) is 22.9 Å². The molecule has 0 bridgehead atoms. The average Bonchev–Trinajstić information content (AvgIpc) is 3.01. The molecule has 1 N–H and O–H groups in total. The fourth-order valence-corrected chi connectivity index (χ4v) is 2.08. The van der Waals surface area contributed by atoms with Gasteiger partial charge in [-0.1, -0.05) is 6.07 Å². The molecule has 0 amide bonds. The van der Waals surface area contributed by atoms with Gasteiger partial charge in [0.2, 0.25) is 0 Å². The van der Waals surface area contributed by atoms with Crippen LogP contribution in [0.2, 0.25) is 0 Å². The maximum atomic E-state index is 9.31. The summed E-state index contributed by atoms with van der Waals surface area (Å²) in [4.78, 5) is 7.61. The number of nitrogens with zero attached hydrogens (tertiary/aromatic N) is 2. The minimum absolute atomic E-state index is 0.452. The summed E-state index contributed by atoms with van der Waals surface area (Å²) in [6.07, 6.45) is 1.69. The second kappa shape index (κ2) is 4.71. The van der Waals surface area contributed by atoms with E-state index in [2.05, 4.69) is 16.0 Å². The second-order valence-corrected chi connectivity index (χ2v) is 4.72. The van der Waals surface area contributed by atoms with Crippen molar-refractivity contribution in [3.63, 3.8) is 0 Å². The van der Waals surface area contributed by atoms with Crippen LogP contribution < -0.4 is 0 Å². The molecule has 0 radical (unpaired) electrons. The van der Waals surface area contributed by atoms with Gasteiger partial charge in [0.15, 0.2) is 0 Å². The predicted molar refractivity (Wildman–Crippen MR) is 77.8 cm³/mol. The number of allylic oxidation sites excluding steroid dienone is 1. The predicted octanol–water partition coefficient (Wildman–Crippen LogP) is 3.84. The van der Waals surface area contributed by atoms with Gasteiger partial charge in [-0.2, -0.15) is 5.26 Å². The van der Waals surface area contributed by atoms with E-state index < -0.39 is 0 Å². The van der Waals surface area contributed by atoms with Gasteiger partial charge < -0.3 is 9.40 Å². The minimum atomic E-state index is 0.452. The van der Waals surface area contributed by atoms with Crippen LogP contribution in [0.5, 0.6) is 0 Å². The highest BCUT2D eigenvalue weighted by atomic mass is 16.3. The molecule has 0 fully saturated rings. The Kier molecular flexibility index (Phi) is 2.88. The van der Waals surface area contributed by atoms with Crippen LogP contribution in [0.4, 0.5) is 0 Å². The van der Waals surface area contributed by atoms with Crippen LogP contribution in [0, 0.1) is 25.2 Å². The van der Waals surface area contributed by atoms with E-state index in [4.69, 9.17) is 4.42 Å². The number of fused-ring (bicyclic) bond motifs is 1. The molecule has 0 unspecified atom stereocenters. The van der Waals surface area contributed by atoms with E-state index in [0.717, 1.165) is 22.4 Å². The lowest BCUT2D eigenvalue weighted by molar-refractivity contribution is 0.525. The number of imidazole rings is 1. The van der Waals surface area contributed by atoms with Crippen molar-refractivity contribution in [1.29, 1.82) is 5.26 Å². The van der Waals surface area contributed by atoms with Gasteiger partial charge in [-0.25, -0.2) is 4.98 Å². The van der Waals surface area contributed by atoms with E-state index in [9.17, 15) is 5.26 Å². The number of aromatic nitrogens is 2. The van der Waals surface area contributed by atoms with Crippen molar-refractivity contribution in [2.45, 2.75) is 13.8 Å². The first-order chi connectivity index (χ1) is 9.65.